The quantitative estimate of drug-likeness (QED) is 0.809. The second-order valence-corrected chi connectivity index (χ2v) is 7.36. The fraction of sp³-hybridized carbons (Fsp3) is 0.500. The third kappa shape index (κ3) is 3.64. The van der Waals surface area contributed by atoms with Gasteiger partial charge in [0.1, 0.15) is 11.5 Å². The lowest BCUT2D eigenvalue weighted by atomic mass is 10.0. The van der Waals surface area contributed by atoms with E-state index in [9.17, 15) is 4.79 Å². The standard InChI is InChI=1S/C20H25N5O2/c1-13-10-25(11-14(2)27-13)20-16-7-9-24(15(3)26)12-18(16)22-19(23-20)17-6-4-5-8-21-17/h4-6,8,13-14H,7,9-12H2,1-3H3/t13-,14+. The van der Waals surface area contributed by atoms with Gasteiger partial charge in [0.2, 0.25) is 5.91 Å². The Labute approximate surface area is 159 Å². The average molecular weight is 367 g/mol. The van der Waals surface area contributed by atoms with Gasteiger partial charge in [0.15, 0.2) is 5.82 Å². The molecule has 0 N–H and O–H groups in total. The molecule has 2 aromatic heterocycles. The SMILES string of the molecule is CC(=O)N1CCc2c(nc(-c3ccccn3)nc2N2C[C@@H](C)O[C@@H](C)C2)C1. The van der Waals surface area contributed by atoms with Crippen LogP contribution in [0.2, 0.25) is 0 Å². The molecule has 2 atom stereocenters. The van der Waals surface area contributed by atoms with E-state index in [4.69, 9.17) is 14.7 Å². The lowest BCUT2D eigenvalue weighted by molar-refractivity contribution is -0.129. The molecule has 2 aliphatic rings. The second kappa shape index (κ2) is 7.23. The van der Waals surface area contributed by atoms with Crippen molar-refractivity contribution in [3.05, 3.63) is 35.7 Å². The number of morpholine rings is 1. The first-order valence-corrected chi connectivity index (χ1v) is 9.48. The highest BCUT2D eigenvalue weighted by Gasteiger charge is 2.30. The van der Waals surface area contributed by atoms with Crippen molar-refractivity contribution in [2.45, 2.75) is 45.9 Å². The summed E-state index contributed by atoms with van der Waals surface area (Å²) in [6, 6.07) is 5.73. The van der Waals surface area contributed by atoms with Crippen LogP contribution in [-0.4, -0.2) is 57.6 Å². The van der Waals surface area contributed by atoms with Crippen LogP contribution in [0.3, 0.4) is 0 Å². The summed E-state index contributed by atoms with van der Waals surface area (Å²) >= 11 is 0. The minimum absolute atomic E-state index is 0.0776. The fourth-order valence-electron chi connectivity index (χ4n) is 3.90. The number of pyridine rings is 1. The van der Waals surface area contributed by atoms with Crippen LogP contribution in [0, 0.1) is 0 Å². The summed E-state index contributed by atoms with van der Waals surface area (Å²) < 4.78 is 5.90. The van der Waals surface area contributed by atoms with Crippen LogP contribution in [0.4, 0.5) is 5.82 Å². The van der Waals surface area contributed by atoms with Crippen LogP contribution in [0.25, 0.3) is 11.5 Å². The van der Waals surface area contributed by atoms with Crippen molar-refractivity contribution in [3.8, 4) is 11.5 Å². The maximum Gasteiger partial charge on any atom is 0.219 e. The van der Waals surface area contributed by atoms with Crippen molar-refractivity contribution in [1.82, 2.24) is 19.9 Å². The summed E-state index contributed by atoms with van der Waals surface area (Å²) in [5.74, 6) is 1.65. The third-order valence-electron chi connectivity index (χ3n) is 5.10. The van der Waals surface area contributed by atoms with E-state index in [0.29, 0.717) is 18.9 Å². The maximum atomic E-state index is 11.9. The average Bonchev–Trinajstić information content (AvgIpc) is 2.66. The van der Waals surface area contributed by atoms with E-state index in [-0.39, 0.29) is 18.1 Å². The molecule has 0 unspecified atom stereocenters. The molecule has 0 radical (unpaired) electrons. The Morgan fingerprint density at radius 1 is 1.19 bits per heavy atom. The van der Waals surface area contributed by atoms with E-state index in [1.807, 2.05) is 23.1 Å². The summed E-state index contributed by atoms with van der Waals surface area (Å²) in [4.78, 5) is 30.1. The highest BCUT2D eigenvalue weighted by atomic mass is 16.5. The number of hydrogen-bond acceptors (Lipinski definition) is 6. The number of nitrogens with zero attached hydrogens (tertiary/aromatic N) is 5. The molecule has 7 heteroatoms. The van der Waals surface area contributed by atoms with Crippen molar-refractivity contribution >= 4 is 11.7 Å². The smallest absolute Gasteiger partial charge is 0.219 e. The third-order valence-corrected chi connectivity index (χ3v) is 5.10. The van der Waals surface area contributed by atoms with Gasteiger partial charge in [-0.05, 0) is 32.4 Å². The van der Waals surface area contributed by atoms with Crippen LogP contribution in [0.15, 0.2) is 24.4 Å². The van der Waals surface area contributed by atoms with Gasteiger partial charge in [-0.1, -0.05) is 6.07 Å². The molecule has 1 saturated heterocycles. The normalized spacial score (nSPS) is 22.5. The number of aromatic nitrogens is 3. The van der Waals surface area contributed by atoms with E-state index in [2.05, 4.69) is 23.7 Å². The van der Waals surface area contributed by atoms with Crippen LogP contribution >= 0.6 is 0 Å². The maximum absolute atomic E-state index is 11.9. The van der Waals surface area contributed by atoms with Gasteiger partial charge in [-0.2, -0.15) is 0 Å². The number of anilines is 1. The molecule has 4 heterocycles. The molecule has 1 fully saturated rings. The summed E-state index contributed by atoms with van der Waals surface area (Å²) in [7, 11) is 0. The summed E-state index contributed by atoms with van der Waals surface area (Å²) in [5.41, 5.74) is 2.82. The van der Waals surface area contributed by atoms with E-state index < -0.39 is 0 Å². The molecule has 27 heavy (non-hydrogen) atoms. The molecule has 142 valence electrons. The molecule has 0 bridgehead atoms. The zero-order valence-corrected chi connectivity index (χ0v) is 16.1. The van der Waals surface area contributed by atoms with Crippen molar-refractivity contribution < 1.29 is 9.53 Å². The largest absolute Gasteiger partial charge is 0.372 e. The molecule has 0 aromatic carbocycles. The van der Waals surface area contributed by atoms with Crippen molar-refractivity contribution in [2.75, 3.05) is 24.5 Å². The van der Waals surface area contributed by atoms with Crippen molar-refractivity contribution in [3.63, 3.8) is 0 Å². The van der Waals surface area contributed by atoms with E-state index in [1.165, 1.54) is 0 Å². The van der Waals surface area contributed by atoms with Gasteiger partial charge >= 0.3 is 0 Å². The number of amides is 1. The van der Waals surface area contributed by atoms with Crippen LogP contribution in [0.5, 0.6) is 0 Å². The number of fused-ring (bicyclic) bond motifs is 1. The Balaban J connectivity index is 1.79. The van der Waals surface area contributed by atoms with Crippen LogP contribution < -0.4 is 4.90 Å². The number of carbonyl (C=O) groups excluding carboxylic acids is 1. The van der Waals surface area contributed by atoms with Crippen LogP contribution in [-0.2, 0) is 22.5 Å². The number of carbonyl (C=O) groups is 1. The molecule has 2 aromatic rings. The first kappa shape index (κ1) is 17.9. The van der Waals surface area contributed by atoms with Gasteiger partial charge in [-0.3, -0.25) is 9.78 Å². The van der Waals surface area contributed by atoms with Gasteiger partial charge in [-0.15, -0.1) is 0 Å². The predicted octanol–water partition coefficient (Wildman–Crippen LogP) is 2.06. The molecule has 0 saturated carbocycles. The molecule has 4 rings (SSSR count). The zero-order valence-electron chi connectivity index (χ0n) is 16.1. The van der Waals surface area contributed by atoms with Gasteiger partial charge < -0.3 is 14.5 Å². The number of ether oxygens (including phenoxy) is 1. The fourth-order valence-corrected chi connectivity index (χ4v) is 3.90. The Morgan fingerprint density at radius 3 is 2.63 bits per heavy atom. The highest BCUT2D eigenvalue weighted by molar-refractivity contribution is 5.74. The first-order chi connectivity index (χ1) is 13.0. The minimum Gasteiger partial charge on any atom is -0.372 e. The van der Waals surface area contributed by atoms with Gasteiger partial charge in [-0.25, -0.2) is 9.97 Å². The molecule has 0 spiro atoms. The molecule has 7 nitrogen and oxygen atoms in total. The topological polar surface area (TPSA) is 71.5 Å². The second-order valence-electron chi connectivity index (χ2n) is 7.36. The summed E-state index contributed by atoms with van der Waals surface area (Å²) in [5, 5.41) is 0. The van der Waals surface area contributed by atoms with E-state index in [1.54, 1.807) is 13.1 Å². The highest BCUT2D eigenvalue weighted by Crippen LogP contribution is 2.30. The van der Waals surface area contributed by atoms with Crippen molar-refractivity contribution in [2.24, 2.45) is 0 Å². The minimum atomic E-state index is 0.0776. The Morgan fingerprint density at radius 2 is 1.96 bits per heavy atom. The first-order valence-electron chi connectivity index (χ1n) is 9.48. The van der Waals surface area contributed by atoms with Crippen molar-refractivity contribution in [1.29, 1.82) is 0 Å². The van der Waals surface area contributed by atoms with Crippen LogP contribution in [0.1, 0.15) is 32.0 Å². The Hall–Kier alpha value is -2.54. The lowest BCUT2D eigenvalue weighted by Crippen LogP contribution is -2.47. The summed E-state index contributed by atoms with van der Waals surface area (Å²) in [6.07, 6.45) is 2.82. The molecular formula is C20H25N5O2. The number of hydrogen-bond donors (Lipinski definition) is 0. The lowest BCUT2D eigenvalue weighted by Gasteiger charge is -2.38. The van der Waals surface area contributed by atoms with E-state index >= 15 is 0 Å². The van der Waals surface area contributed by atoms with E-state index in [0.717, 1.165) is 42.3 Å². The molecular weight excluding hydrogens is 342 g/mol. The zero-order chi connectivity index (χ0) is 19.0. The Bertz CT molecular complexity index is 832. The molecule has 0 aliphatic carbocycles. The Kier molecular flexibility index (Phi) is 4.78. The molecule has 1 amide bonds. The summed E-state index contributed by atoms with van der Waals surface area (Å²) in [6.45, 7) is 8.61. The van der Waals surface area contributed by atoms with Gasteiger partial charge in [0.05, 0.1) is 24.4 Å². The molecule has 2 aliphatic heterocycles. The predicted molar refractivity (Wildman–Crippen MR) is 102 cm³/mol. The van der Waals surface area contributed by atoms with Gasteiger partial charge in [0, 0.05) is 38.3 Å². The number of rotatable bonds is 2. The van der Waals surface area contributed by atoms with Gasteiger partial charge in [0.25, 0.3) is 0 Å². The monoisotopic (exact) mass is 367 g/mol.